The molecule has 1 aromatic rings. The molecule has 0 atom stereocenters. The molecule has 8 heteroatoms. The van der Waals surface area contributed by atoms with Gasteiger partial charge in [-0.2, -0.15) is 5.10 Å². The summed E-state index contributed by atoms with van der Waals surface area (Å²) in [5.74, 6) is -0.371. The molecule has 0 bridgehead atoms. The predicted octanol–water partition coefficient (Wildman–Crippen LogP) is 3.40. The Kier molecular flexibility index (Phi) is 7.07. The van der Waals surface area contributed by atoms with E-state index in [4.69, 9.17) is 9.84 Å². The second kappa shape index (κ2) is 10.1. The van der Waals surface area contributed by atoms with Gasteiger partial charge in [-0.3, -0.25) is 14.5 Å². The summed E-state index contributed by atoms with van der Waals surface area (Å²) in [6.07, 6.45) is 7.42. The van der Waals surface area contributed by atoms with Gasteiger partial charge < -0.3 is 9.64 Å². The molecule has 1 saturated carbocycles. The molecular weight excluding hydrogens is 408 g/mol. The number of carbonyl (C=O) groups is 3. The number of likely N-dealkylation sites (tertiary alicyclic amines) is 1. The zero-order valence-electron chi connectivity index (χ0n) is 18.8. The molecular formula is C24H32N4O4. The maximum atomic E-state index is 13.6. The number of benzene rings is 1. The number of anilines is 1. The molecule has 0 radical (unpaired) electrons. The molecule has 2 fully saturated rings. The average Bonchev–Trinajstić information content (AvgIpc) is 3.32. The van der Waals surface area contributed by atoms with Crippen molar-refractivity contribution in [3.8, 4) is 0 Å². The molecule has 1 aliphatic carbocycles. The molecule has 0 N–H and O–H groups in total. The number of esters is 1. The third kappa shape index (κ3) is 4.79. The van der Waals surface area contributed by atoms with E-state index >= 15 is 0 Å². The highest BCUT2D eigenvalue weighted by atomic mass is 16.5. The van der Waals surface area contributed by atoms with E-state index < -0.39 is 12.0 Å². The maximum absolute atomic E-state index is 13.6. The molecule has 2 aliphatic heterocycles. The molecule has 3 aliphatic rings. The van der Waals surface area contributed by atoms with Crippen molar-refractivity contribution in [3.05, 3.63) is 29.8 Å². The predicted molar refractivity (Wildman–Crippen MR) is 121 cm³/mol. The largest absolute Gasteiger partial charge is 0.465 e. The van der Waals surface area contributed by atoms with E-state index in [-0.39, 0.29) is 31.5 Å². The summed E-state index contributed by atoms with van der Waals surface area (Å²) < 4.78 is 5.09. The Balaban J connectivity index is 1.71. The highest BCUT2D eigenvalue weighted by molar-refractivity contribution is 6.13. The minimum atomic E-state index is -0.510. The van der Waals surface area contributed by atoms with Gasteiger partial charge in [0.15, 0.2) is 0 Å². The van der Waals surface area contributed by atoms with Crippen LogP contribution < -0.4 is 4.90 Å². The number of para-hydroxylation sites is 1. The molecule has 4 rings (SSSR count). The molecule has 3 amide bonds. The summed E-state index contributed by atoms with van der Waals surface area (Å²) in [6, 6.07) is 7.18. The van der Waals surface area contributed by atoms with Crippen LogP contribution in [0, 0.1) is 5.92 Å². The Labute approximate surface area is 189 Å². The van der Waals surface area contributed by atoms with Crippen LogP contribution in [0.2, 0.25) is 0 Å². The van der Waals surface area contributed by atoms with Gasteiger partial charge in [-0.15, -0.1) is 0 Å². The van der Waals surface area contributed by atoms with Crippen LogP contribution in [0.1, 0.15) is 57.4 Å². The van der Waals surface area contributed by atoms with E-state index in [1.807, 2.05) is 24.3 Å². The molecule has 8 nitrogen and oxygen atoms in total. The SMILES string of the molecule is CCOC(=O)CN1N=C(C2CCCCC2)c2ccccc2N(CC(=O)N2CCCC2)C1=O. The quantitative estimate of drug-likeness (QED) is 0.635. The zero-order chi connectivity index (χ0) is 22.5. The smallest absolute Gasteiger partial charge is 0.345 e. The number of hydrogen-bond acceptors (Lipinski definition) is 5. The Morgan fingerprint density at radius 3 is 2.47 bits per heavy atom. The van der Waals surface area contributed by atoms with Crippen molar-refractivity contribution in [1.29, 1.82) is 0 Å². The van der Waals surface area contributed by atoms with Crippen LogP contribution >= 0.6 is 0 Å². The maximum Gasteiger partial charge on any atom is 0.345 e. The fourth-order valence-electron chi connectivity index (χ4n) is 4.86. The average molecular weight is 441 g/mol. The second-order valence-electron chi connectivity index (χ2n) is 8.66. The first-order chi connectivity index (χ1) is 15.6. The topological polar surface area (TPSA) is 82.5 Å². The number of fused-ring (bicyclic) bond motifs is 1. The third-order valence-electron chi connectivity index (χ3n) is 6.48. The molecule has 1 saturated heterocycles. The van der Waals surface area contributed by atoms with Gasteiger partial charge >= 0.3 is 12.0 Å². The van der Waals surface area contributed by atoms with Crippen LogP contribution in [0.4, 0.5) is 10.5 Å². The highest BCUT2D eigenvalue weighted by Gasteiger charge is 2.35. The summed E-state index contributed by atoms with van der Waals surface area (Å²) in [4.78, 5) is 42.1. The van der Waals surface area contributed by atoms with Crippen molar-refractivity contribution in [3.63, 3.8) is 0 Å². The number of amides is 3. The van der Waals surface area contributed by atoms with Crippen molar-refractivity contribution in [2.45, 2.75) is 51.9 Å². The molecule has 0 aromatic heterocycles. The number of carbonyl (C=O) groups excluding carboxylic acids is 3. The minimum Gasteiger partial charge on any atom is -0.465 e. The first-order valence-corrected chi connectivity index (χ1v) is 11.8. The fourth-order valence-corrected chi connectivity index (χ4v) is 4.86. The fraction of sp³-hybridized carbons (Fsp3) is 0.583. The standard InChI is InChI=1S/C24H32N4O4/c1-2-32-22(30)17-28-24(31)27(16-21(29)26-14-8-9-15-26)20-13-7-6-12-19(20)23(25-28)18-10-4-3-5-11-18/h6-7,12-13,18H,2-5,8-11,14-17H2,1H3. The molecule has 2 heterocycles. The van der Waals surface area contributed by atoms with Crippen LogP contribution in [0.15, 0.2) is 29.4 Å². The van der Waals surface area contributed by atoms with Gasteiger partial charge in [0.2, 0.25) is 5.91 Å². The van der Waals surface area contributed by atoms with Crippen LogP contribution in [0.25, 0.3) is 0 Å². The van der Waals surface area contributed by atoms with Crippen molar-refractivity contribution < 1.29 is 19.1 Å². The first-order valence-electron chi connectivity index (χ1n) is 11.8. The minimum absolute atomic E-state index is 0.0668. The number of hydrogen-bond donors (Lipinski definition) is 0. The van der Waals surface area contributed by atoms with Crippen molar-refractivity contribution in [2.75, 3.05) is 37.7 Å². The van der Waals surface area contributed by atoms with Gasteiger partial charge in [0.25, 0.3) is 0 Å². The Hall–Kier alpha value is -2.90. The molecule has 0 unspecified atom stereocenters. The molecule has 32 heavy (non-hydrogen) atoms. The molecule has 1 aromatic carbocycles. The van der Waals surface area contributed by atoms with Crippen LogP contribution in [-0.4, -0.2) is 66.3 Å². The van der Waals surface area contributed by atoms with E-state index in [0.717, 1.165) is 62.9 Å². The number of nitrogens with zero attached hydrogens (tertiary/aromatic N) is 4. The van der Waals surface area contributed by atoms with E-state index in [0.29, 0.717) is 5.69 Å². The number of hydrazone groups is 1. The number of urea groups is 1. The van der Waals surface area contributed by atoms with E-state index in [1.54, 1.807) is 11.8 Å². The summed E-state index contributed by atoms with van der Waals surface area (Å²) >= 11 is 0. The summed E-state index contributed by atoms with van der Waals surface area (Å²) in [5, 5.41) is 5.93. The van der Waals surface area contributed by atoms with Crippen LogP contribution in [-0.2, 0) is 14.3 Å². The van der Waals surface area contributed by atoms with Gasteiger partial charge in [-0.1, -0.05) is 37.5 Å². The Morgan fingerprint density at radius 1 is 1.03 bits per heavy atom. The Morgan fingerprint density at radius 2 is 1.75 bits per heavy atom. The van der Waals surface area contributed by atoms with Gasteiger partial charge in [-0.25, -0.2) is 9.80 Å². The normalized spacial score (nSPS) is 19.5. The first kappa shape index (κ1) is 22.3. The van der Waals surface area contributed by atoms with Crippen LogP contribution in [0.5, 0.6) is 0 Å². The zero-order valence-corrected chi connectivity index (χ0v) is 18.8. The third-order valence-corrected chi connectivity index (χ3v) is 6.48. The number of ether oxygens (including phenoxy) is 1. The van der Waals surface area contributed by atoms with Gasteiger partial charge in [0, 0.05) is 24.6 Å². The molecule has 172 valence electrons. The van der Waals surface area contributed by atoms with E-state index in [2.05, 4.69) is 0 Å². The lowest BCUT2D eigenvalue weighted by molar-refractivity contribution is -0.143. The van der Waals surface area contributed by atoms with Gasteiger partial charge in [0.05, 0.1) is 18.0 Å². The van der Waals surface area contributed by atoms with Crippen LogP contribution in [0.3, 0.4) is 0 Å². The summed E-state index contributed by atoms with van der Waals surface area (Å²) in [7, 11) is 0. The van der Waals surface area contributed by atoms with Gasteiger partial charge in [0.1, 0.15) is 13.1 Å². The van der Waals surface area contributed by atoms with Crippen molar-refractivity contribution >= 4 is 29.3 Å². The lowest BCUT2D eigenvalue weighted by Gasteiger charge is -2.27. The number of rotatable bonds is 6. The summed E-state index contributed by atoms with van der Waals surface area (Å²) in [5.41, 5.74) is 2.38. The monoisotopic (exact) mass is 440 g/mol. The van der Waals surface area contributed by atoms with E-state index in [9.17, 15) is 14.4 Å². The second-order valence-corrected chi connectivity index (χ2v) is 8.66. The summed E-state index contributed by atoms with van der Waals surface area (Å²) in [6.45, 7) is 3.07. The highest BCUT2D eigenvalue weighted by Crippen LogP contribution is 2.34. The lowest BCUT2D eigenvalue weighted by Crippen LogP contribution is -2.47. The molecule has 0 spiro atoms. The van der Waals surface area contributed by atoms with Crippen molar-refractivity contribution in [2.24, 2.45) is 11.0 Å². The Bertz CT molecular complexity index is 888. The lowest BCUT2D eigenvalue weighted by atomic mass is 9.83. The van der Waals surface area contributed by atoms with Crippen molar-refractivity contribution in [1.82, 2.24) is 9.91 Å². The van der Waals surface area contributed by atoms with Gasteiger partial charge in [-0.05, 0) is 38.7 Å². The van der Waals surface area contributed by atoms with E-state index in [1.165, 1.54) is 16.3 Å².